The summed E-state index contributed by atoms with van der Waals surface area (Å²) in [7, 11) is 0. The smallest absolute Gasteiger partial charge is 0.251 e. The van der Waals surface area contributed by atoms with E-state index >= 15 is 0 Å². The third-order valence-corrected chi connectivity index (χ3v) is 13.2. The summed E-state index contributed by atoms with van der Waals surface area (Å²) in [6.07, 6.45) is 5.71. The van der Waals surface area contributed by atoms with Crippen molar-refractivity contribution in [2.24, 2.45) is 17.4 Å². The summed E-state index contributed by atoms with van der Waals surface area (Å²) in [5, 5.41) is 29.4. The van der Waals surface area contributed by atoms with Crippen molar-refractivity contribution in [2.75, 3.05) is 25.1 Å². The predicted molar refractivity (Wildman–Crippen MR) is 296 cm³/mol. The first kappa shape index (κ1) is 65.2. The van der Waals surface area contributed by atoms with Gasteiger partial charge in [0.15, 0.2) is 0 Å². The molecule has 0 heterocycles. The number of carbonyl (C=O) groups is 9. The lowest BCUT2D eigenvalue weighted by Gasteiger charge is -2.28. The van der Waals surface area contributed by atoms with Crippen LogP contribution in [0.3, 0.4) is 0 Å². The molecular weight excluding hydrogens is 1020 g/mol. The van der Waals surface area contributed by atoms with Crippen LogP contribution < -0.4 is 59.5 Å². The Morgan fingerprint density at radius 3 is 1.63 bits per heavy atom. The number of hydrazine groups is 1. The molecule has 0 unspecified atom stereocenters. The van der Waals surface area contributed by atoms with Gasteiger partial charge in [0.25, 0.3) is 5.91 Å². The molecule has 23 heteroatoms. The van der Waals surface area contributed by atoms with E-state index in [4.69, 9.17) is 11.5 Å². The average Bonchev–Trinajstić information content (AvgIpc) is 3.41. The van der Waals surface area contributed by atoms with Gasteiger partial charge in [-0.1, -0.05) is 76.1 Å². The van der Waals surface area contributed by atoms with Gasteiger partial charge in [-0.25, -0.2) is 9.82 Å². The van der Waals surface area contributed by atoms with Gasteiger partial charge < -0.3 is 53.8 Å². The van der Waals surface area contributed by atoms with Crippen LogP contribution in [0.2, 0.25) is 0 Å². The zero-order valence-electron chi connectivity index (χ0n) is 45.1. The molecular formula is C55H80FN11O10S. The minimum absolute atomic E-state index is 0.00277. The van der Waals surface area contributed by atoms with Crippen LogP contribution in [0, 0.1) is 11.7 Å². The number of hydrogen-bond donors (Lipinski definition) is 12. The second-order valence-corrected chi connectivity index (χ2v) is 20.4. The van der Waals surface area contributed by atoms with E-state index in [1.165, 1.54) is 48.2 Å². The number of carbonyl (C=O) groups excluding carboxylic acids is 9. The van der Waals surface area contributed by atoms with Gasteiger partial charge in [-0.05, 0) is 130 Å². The van der Waals surface area contributed by atoms with E-state index in [1.807, 2.05) is 27.0 Å². The normalized spacial score (nSPS) is 13.7. The molecule has 0 aliphatic rings. The summed E-state index contributed by atoms with van der Waals surface area (Å²) >= 11 is 1.50. The molecule has 3 rings (SSSR count). The molecule has 7 atom stereocenters. The standard InChI is InChI=1S/C55H80FN11O10S/c1-5-6-16-42(62-54(76)46(32-36-14-8-7-9-15-36)66-53(75)45(31-35(2)3)64-52(74)44(27-30-78-4)67-60-34-68)51(73)65-47(33-37-19-25-40(69)26-20-37)55(77)63-43(18-10-12-28-57)50(72)61-41(48(58)70)17-11-13-29-59-49(71)38-21-23-39(56)24-22-38/h7-9,14-15,19-26,34-35,41-47,67,69H,5-6,10-13,16-18,27-33,57H2,1-4H3,(H2,58,70)(H,59,71)(H,60,68)(H,61,72)(H,62,76)(H,63,77)(H,64,74)(H,65,73)(H,66,75)/t41-,42+,43-,44+,45+,46+,47+/m1/s1/i56-1. The third-order valence-electron chi connectivity index (χ3n) is 12.5. The maximum Gasteiger partial charge on any atom is 0.251 e. The van der Waals surface area contributed by atoms with Gasteiger partial charge in [0.1, 0.15) is 53.9 Å². The van der Waals surface area contributed by atoms with Crippen LogP contribution >= 0.6 is 11.8 Å². The van der Waals surface area contributed by atoms with E-state index in [0.717, 1.165) is 0 Å². The Bertz CT molecular complexity index is 2370. The summed E-state index contributed by atoms with van der Waals surface area (Å²) in [5.74, 6) is -5.44. The number of rotatable bonds is 38. The van der Waals surface area contributed by atoms with Crippen molar-refractivity contribution in [3.8, 4) is 5.75 Å². The molecule has 0 aliphatic carbocycles. The molecule has 0 aliphatic heterocycles. The molecule has 3 aromatic rings. The van der Waals surface area contributed by atoms with Crippen molar-refractivity contribution >= 4 is 65.4 Å². The monoisotopic (exact) mass is 1100 g/mol. The molecule has 3 aromatic carbocycles. The minimum Gasteiger partial charge on any atom is -0.508 e. The first-order valence-corrected chi connectivity index (χ1v) is 27.9. The number of amides is 9. The van der Waals surface area contributed by atoms with Gasteiger partial charge in [0, 0.05) is 24.9 Å². The van der Waals surface area contributed by atoms with Crippen LogP contribution in [0.25, 0.3) is 0 Å². The number of aromatic hydroxyl groups is 1. The van der Waals surface area contributed by atoms with Crippen molar-refractivity contribution in [1.29, 1.82) is 0 Å². The number of nitrogens with two attached hydrogens (primary N) is 2. The number of unbranched alkanes of at least 4 members (excludes halogenated alkanes) is 3. The molecule has 0 radical (unpaired) electrons. The van der Waals surface area contributed by atoms with Crippen LogP contribution in [0.4, 0.5) is 4.39 Å². The second-order valence-electron chi connectivity index (χ2n) is 19.4. The lowest BCUT2D eigenvalue weighted by molar-refractivity contribution is -0.135. The summed E-state index contributed by atoms with van der Waals surface area (Å²) in [4.78, 5) is 121. The summed E-state index contributed by atoms with van der Waals surface area (Å²) in [5.41, 5.74) is 17.9. The summed E-state index contributed by atoms with van der Waals surface area (Å²) < 4.78 is 13.3. The first-order chi connectivity index (χ1) is 37.4. The fraction of sp³-hybridized carbons (Fsp3) is 0.509. The Kier molecular flexibility index (Phi) is 30.1. The van der Waals surface area contributed by atoms with E-state index in [1.54, 1.807) is 42.5 Å². The third kappa shape index (κ3) is 24.5. The fourth-order valence-electron chi connectivity index (χ4n) is 8.21. The first-order valence-electron chi connectivity index (χ1n) is 26.5. The molecule has 78 heavy (non-hydrogen) atoms. The molecule has 0 fully saturated rings. The highest BCUT2D eigenvalue weighted by molar-refractivity contribution is 7.98. The van der Waals surface area contributed by atoms with Gasteiger partial charge >= 0.3 is 0 Å². The van der Waals surface area contributed by atoms with Crippen LogP contribution in [0.5, 0.6) is 5.75 Å². The maximum absolute atomic E-state index is 14.5. The van der Waals surface area contributed by atoms with E-state index in [-0.39, 0.29) is 68.8 Å². The number of phenolic OH excluding ortho intramolecular Hbond substituents is 1. The number of primary amides is 1. The fourth-order valence-corrected chi connectivity index (χ4v) is 8.69. The number of halogens is 1. The average molecular weight is 1110 g/mol. The van der Waals surface area contributed by atoms with Crippen molar-refractivity contribution < 1.29 is 52.6 Å². The molecule has 9 amide bonds. The lowest BCUT2D eigenvalue weighted by Crippen LogP contribution is -2.60. The highest BCUT2D eigenvalue weighted by Gasteiger charge is 2.34. The largest absolute Gasteiger partial charge is 0.508 e. The zero-order chi connectivity index (χ0) is 57.4. The van der Waals surface area contributed by atoms with Crippen LogP contribution in [0.15, 0.2) is 78.9 Å². The lowest BCUT2D eigenvalue weighted by atomic mass is 10.00. The number of nitrogens with one attached hydrogen (secondary N) is 9. The Balaban J connectivity index is 1.88. The minimum atomic E-state index is -1.36. The Morgan fingerprint density at radius 1 is 0.603 bits per heavy atom. The molecule has 0 saturated heterocycles. The van der Waals surface area contributed by atoms with E-state index in [9.17, 15) is 52.6 Å². The molecule has 428 valence electrons. The Labute approximate surface area is 460 Å². The van der Waals surface area contributed by atoms with E-state index in [2.05, 4.69) is 48.1 Å². The topological polar surface area (TPSA) is 334 Å². The molecule has 0 bridgehead atoms. The number of thioether (sulfide) groups is 1. The van der Waals surface area contributed by atoms with E-state index in [0.29, 0.717) is 68.2 Å². The number of phenols is 1. The molecule has 0 aromatic heterocycles. The van der Waals surface area contributed by atoms with Gasteiger partial charge in [-0.15, -0.1) is 0 Å². The van der Waals surface area contributed by atoms with Crippen molar-refractivity contribution in [3.63, 3.8) is 0 Å². The van der Waals surface area contributed by atoms with Gasteiger partial charge in [0.05, 0.1) is 0 Å². The Hall–Kier alpha value is -7.11. The van der Waals surface area contributed by atoms with Crippen LogP contribution in [-0.4, -0.2) is 126 Å². The quantitative estimate of drug-likeness (QED) is 0.0222. The summed E-state index contributed by atoms with van der Waals surface area (Å²) in [6, 6.07) is 11.7. The molecule has 21 nitrogen and oxygen atoms in total. The van der Waals surface area contributed by atoms with Crippen molar-refractivity contribution in [2.45, 2.75) is 147 Å². The number of benzene rings is 3. The highest BCUT2D eigenvalue weighted by atomic mass is 32.2. The van der Waals surface area contributed by atoms with E-state index < -0.39 is 95.4 Å². The van der Waals surface area contributed by atoms with Crippen molar-refractivity contribution in [3.05, 3.63) is 101 Å². The summed E-state index contributed by atoms with van der Waals surface area (Å²) in [6.45, 7) is 6.14. The second kappa shape index (κ2) is 36.1. The molecule has 14 N–H and O–H groups in total. The predicted octanol–water partition coefficient (Wildman–Crippen LogP) is 2.05. The Morgan fingerprint density at radius 2 is 1.09 bits per heavy atom. The van der Waals surface area contributed by atoms with Crippen LogP contribution in [0.1, 0.15) is 113 Å². The maximum atomic E-state index is 14.5. The van der Waals surface area contributed by atoms with Gasteiger partial charge in [0.2, 0.25) is 47.8 Å². The van der Waals surface area contributed by atoms with Gasteiger partial charge in [-0.3, -0.25) is 48.6 Å². The molecule has 0 spiro atoms. The van der Waals surface area contributed by atoms with Crippen LogP contribution in [-0.2, 0) is 51.2 Å². The number of hydrogen-bond acceptors (Lipinski definition) is 13. The van der Waals surface area contributed by atoms with Gasteiger partial charge in [-0.2, -0.15) is 11.8 Å². The highest BCUT2D eigenvalue weighted by Crippen LogP contribution is 2.15. The molecule has 0 saturated carbocycles. The van der Waals surface area contributed by atoms with Crippen molar-refractivity contribution in [1.82, 2.24) is 48.1 Å². The zero-order valence-corrected chi connectivity index (χ0v) is 45.9. The SMILES string of the molecule is CCCC[C@H](NC(=O)[C@H](Cc1ccccc1)NC(=O)[C@H](CC(C)C)NC(=O)[C@H](CCSC)NNC=O)C(=O)N[C@@H](Cc1ccc(O)cc1)C(=O)N[C@H](CCCCN)C(=O)N[C@H](CCCCNC(=O)c1ccc([18F])cc1)C(N)=O.